The molecule has 0 radical (unpaired) electrons. The van der Waals surface area contributed by atoms with Crippen LogP contribution in [-0.4, -0.2) is 42.0 Å². The summed E-state index contributed by atoms with van der Waals surface area (Å²) < 4.78 is 0. The fourth-order valence-electron chi connectivity index (χ4n) is 4.91. The van der Waals surface area contributed by atoms with E-state index in [4.69, 9.17) is 5.73 Å². The molecule has 1 aliphatic heterocycles. The lowest BCUT2D eigenvalue weighted by atomic mass is 9.74. The van der Waals surface area contributed by atoms with E-state index < -0.39 is 0 Å². The normalized spacial score (nSPS) is 34.6. The van der Waals surface area contributed by atoms with Crippen LogP contribution >= 0.6 is 0 Å². The van der Waals surface area contributed by atoms with Crippen molar-refractivity contribution in [3.63, 3.8) is 0 Å². The maximum atomic E-state index is 12.6. The van der Waals surface area contributed by atoms with E-state index in [0.717, 1.165) is 57.5 Å². The zero-order valence-electron chi connectivity index (χ0n) is 14.9. The maximum absolute atomic E-state index is 12.6. The van der Waals surface area contributed by atoms with Crippen LogP contribution in [0.5, 0.6) is 0 Å². The molecule has 2 saturated carbocycles. The van der Waals surface area contributed by atoms with Gasteiger partial charge in [0.15, 0.2) is 0 Å². The van der Waals surface area contributed by atoms with E-state index in [1.165, 1.54) is 32.2 Å². The summed E-state index contributed by atoms with van der Waals surface area (Å²) in [6, 6.07) is 0.361. The third kappa shape index (κ3) is 4.48. The van der Waals surface area contributed by atoms with Gasteiger partial charge >= 0.3 is 0 Å². The van der Waals surface area contributed by atoms with Crippen molar-refractivity contribution in [3.05, 3.63) is 0 Å². The van der Waals surface area contributed by atoms with Crippen LogP contribution in [0.15, 0.2) is 0 Å². The Labute approximate surface area is 141 Å². The number of amides is 1. The van der Waals surface area contributed by atoms with Crippen LogP contribution in [-0.2, 0) is 4.79 Å². The molecule has 3 aliphatic rings. The lowest BCUT2D eigenvalue weighted by Gasteiger charge is -2.39. The summed E-state index contributed by atoms with van der Waals surface area (Å²) in [5.41, 5.74) is 6.06. The van der Waals surface area contributed by atoms with Crippen molar-refractivity contribution in [1.82, 2.24) is 10.2 Å². The predicted octanol–water partition coefficient (Wildman–Crippen LogP) is 2.66. The molecule has 1 heterocycles. The van der Waals surface area contributed by atoms with Gasteiger partial charge in [-0.25, -0.2) is 0 Å². The second-order valence-corrected chi connectivity index (χ2v) is 8.54. The predicted molar refractivity (Wildman–Crippen MR) is 94.1 cm³/mol. The Morgan fingerprint density at radius 1 is 1.09 bits per heavy atom. The van der Waals surface area contributed by atoms with Crippen molar-refractivity contribution < 1.29 is 4.79 Å². The minimum Gasteiger partial charge on any atom is -0.353 e. The molecule has 23 heavy (non-hydrogen) atoms. The van der Waals surface area contributed by atoms with Gasteiger partial charge in [0.2, 0.25) is 5.91 Å². The van der Waals surface area contributed by atoms with Gasteiger partial charge in [0.1, 0.15) is 0 Å². The number of likely N-dealkylation sites (tertiary alicyclic amines) is 1. The SMILES string of the molecule is CC1(N)CCCCC1C(=O)NC1CCN(CC2CCCC2)CC1. The number of nitrogens with zero attached hydrogens (tertiary/aromatic N) is 1. The zero-order chi connectivity index (χ0) is 16.3. The van der Waals surface area contributed by atoms with Crippen LogP contribution in [0.1, 0.15) is 71.1 Å². The fraction of sp³-hybridized carbons (Fsp3) is 0.947. The summed E-state index contributed by atoms with van der Waals surface area (Å²) in [6.07, 6.45) is 12.2. The molecule has 1 amide bonds. The summed E-state index contributed by atoms with van der Waals surface area (Å²) in [5.74, 6) is 1.15. The van der Waals surface area contributed by atoms with Gasteiger partial charge in [0, 0.05) is 31.2 Å². The largest absolute Gasteiger partial charge is 0.353 e. The molecule has 0 aromatic heterocycles. The average molecular weight is 322 g/mol. The van der Waals surface area contributed by atoms with Crippen molar-refractivity contribution in [2.75, 3.05) is 19.6 Å². The Kier molecular flexibility index (Phi) is 5.63. The summed E-state index contributed by atoms with van der Waals surface area (Å²) in [6.45, 7) is 5.63. The Hall–Kier alpha value is -0.610. The first-order chi connectivity index (χ1) is 11.0. The summed E-state index contributed by atoms with van der Waals surface area (Å²) in [5, 5.41) is 3.31. The van der Waals surface area contributed by atoms with E-state index in [0.29, 0.717) is 6.04 Å². The van der Waals surface area contributed by atoms with E-state index in [1.54, 1.807) is 0 Å². The second-order valence-electron chi connectivity index (χ2n) is 8.54. The smallest absolute Gasteiger partial charge is 0.225 e. The number of carbonyl (C=O) groups excluding carboxylic acids is 1. The van der Waals surface area contributed by atoms with Gasteiger partial charge in [-0.2, -0.15) is 0 Å². The van der Waals surface area contributed by atoms with Crippen LogP contribution in [0.25, 0.3) is 0 Å². The minimum atomic E-state index is -0.314. The molecule has 0 aromatic rings. The highest BCUT2D eigenvalue weighted by Crippen LogP contribution is 2.32. The number of nitrogens with one attached hydrogen (secondary N) is 1. The topological polar surface area (TPSA) is 58.4 Å². The first-order valence-electron chi connectivity index (χ1n) is 9.86. The molecule has 0 bridgehead atoms. The third-order valence-electron chi connectivity index (χ3n) is 6.50. The van der Waals surface area contributed by atoms with Crippen LogP contribution < -0.4 is 11.1 Å². The van der Waals surface area contributed by atoms with Gasteiger partial charge in [-0.3, -0.25) is 4.79 Å². The highest BCUT2D eigenvalue weighted by molar-refractivity contribution is 5.80. The zero-order valence-corrected chi connectivity index (χ0v) is 14.9. The molecule has 4 nitrogen and oxygen atoms in total. The van der Waals surface area contributed by atoms with Gasteiger partial charge in [-0.1, -0.05) is 25.7 Å². The standard InChI is InChI=1S/C19H35N3O/c1-19(20)11-5-4-8-17(19)18(23)21-16-9-12-22(13-10-16)14-15-6-2-3-7-15/h15-17H,2-14,20H2,1H3,(H,21,23). The third-order valence-corrected chi connectivity index (χ3v) is 6.50. The van der Waals surface area contributed by atoms with Crippen LogP contribution in [0.2, 0.25) is 0 Å². The second kappa shape index (κ2) is 7.52. The highest BCUT2D eigenvalue weighted by Gasteiger charge is 2.38. The van der Waals surface area contributed by atoms with Gasteiger partial charge in [-0.05, 0) is 51.4 Å². The van der Waals surface area contributed by atoms with Gasteiger partial charge in [-0.15, -0.1) is 0 Å². The number of rotatable bonds is 4. The van der Waals surface area contributed by atoms with E-state index in [-0.39, 0.29) is 17.4 Å². The first kappa shape index (κ1) is 17.2. The molecule has 2 aliphatic carbocycles. The lowest BCUT2D eigenvalue weighted by molar-refractivity contribution is -0.129. The van der Waals surface area contributed by atoms with Crippen molar-refractivity contribution in [1.29, 1.82) is 0 Å². The van der Waals surface area contributed by atoms with E-state index >= 15 is 0 Å². The molecule has 4 heteroatoms. The van der Waals surface area contributed by atoms with Crippen molar-refractivity contribution in [2.24, 2.45) is 17.6 Å². The van der Waals surface area contributed by atoms with Gasteiger partial charge in [0.25, 0.3) is 0 Å². The molecular weight excluding hydrogens is 286 g/mol. The summed E-state index contributed by atoms with van der Waals surface area (Å²) in [7, 11) is 0. The number of carbonyl (C=O) groups is 1. The van der Waals surface area contributed by atoms with Crippen molar-refractivity contribution in [2.45, 2.75) is 82.7 Å². The quantitative estimate of drug-likeness (QED) is 0.837. The Morgan fingerprint density at radius 2 is 1.74 bits per heavy atom. The Bertz CT molecular complexity index is 395. The minimum absolute atomic E-state index is 0.00719. The number of piperidine rings is 1. The highest BCUT2D eigenvalue weighted by atomic mass is 16.2. The number of hydrogen-bond acceptors (Lipinski definition) is 3. The molecule has 0 aromatic carbocycles. The van der Waals surface area contributed by atoms with Gasteiger partial charge in [0.05, 0.1) is 5.92 Å². The van der Waals surface area contributed by atoms with Crippen molar-refractivity contribution in [3.8, 4) is 0 Å². The molecule has 3 rings (SSSR count). The molecule has 2 unspecified atom stereocenters. The number of nitrogens with two attached hydrogens (primary N) is 1. The average Bonchev–Trinajstić information content (AvgIpc) is 3.01. The van der Waals surface area contributed by atoms with Crippen LogP contribution in [0, 0.1) is 11.8 Å². The molecule has 2 atom stereocenters. The molecule has 3 N–H and O–H groups in total. The van der Waals surface area contributed by atoms with Crippen LogP contribution in [0.3, 0.4) is 0 Å². The summed E-state index contributed by atoms with van der Waals surface area (Å²) >= 11 is 0. The Morgan fingerprint density at radius 3 is 2.39 bits per heavy atom. The molecule has 1 saturated heterocycles. The molecular formula is C19H35N3O. The van der Waals surface area contributed by atoms with Gasteiger partial charge < -0.3 is 16.0 Å². The number of hydrogen-bond donors (Lipinski definition) is 2. The van der Waals surface area contributed by atoms with E-state index in [2.05, 4.69) is 17.1 Å². The monoisotopic (exact) mass is 321 g/mol. The van der Waals surface area contributed by atoms with Crippen LogP contribution in [0.4, 0.5) is 0 Å². The molecule has 3 fully saturated rings. The summed E-state index contributed by atoms with van der Waals surface area (Å²) in [4.78, 5) is 15.3. The maximum Gasteiger partial charge on any atom is 0.225 e. The molecule has 132 valence electrons. The first-order valence-corrected chi connectivity index (χ1v) is 9.86. The van der Waals surface area contributed by atoms with E-state index in [1.807, 2.05) is 0 Å². The Balaban J connectivity index is 1.42. The van der Waals surface area contributed by atoms with E-state index in [9.17, 15) is 4.79 Å². The fourth-order valence-corrected chi connectivity index (χ4v) is 4.91. The molecule has 0 spiro atoms. The lowest BCUT2D eigenvalue weighted by Crippen LogP contribution is -2.55. The van der Waals surface area contributed by atoms with Crippen molar-refractivity contribution >= 4 is 5.91 Å².